The van der Waals surface area contributed by atoms with Gasteiger partial charge in [-0.15, -0.1) is 11.8 Å². The van der Waals surface area contributed by atoms with Crippen LogP contribution in [0, 0.1) is 0 Å². The van der Waals surface area contributed by atoms with Crippen molar-refractivity contribution in [3.63, 3.8) is 0 Å². The lowest BCUT2D eigenvalue weighted by atomic mass is 10.0. The Morgan fingerprint density at radius 1 is 0.844 bits per heavy atom. The average Bonchev–Trinajstić information content (AvgIpc) is 3.20. The molecule has 5 heteroatoms. The molecule has 0 bridgehead atoms. The van der Waals surface area contributed by atoms with Crippen molar-refractivity contribution in [2.45, 2.75) is 18.3 Å². The first-order valence-electron chi connectivity index (χ1n) is 10.7. The zero-order valence-corrected chi connectivity index (χ0v) is 19.3. The van der Waals surface area contributed by atoms with E-state index in [1.807, 2.05) is 23.9 Å². The lowest BCUT2D eigenvalue weighted by Crippen LogP contribution is -2.02. The van der Waals surface area contributed by atoms with E-state index in [0.29, 0.717) is 6.61 Å². The van der Waals surface area contributed by atoms with E-state index in [4.69, 9.17) is 18.6 Å². The predicted molar refractivity (Wildman–Crippen MR) is 130 cm³/mol. The van der Waals surface area contributed by atoms with Crippen molar-refractivity contribution < 1.29 is 18.6 Å². The van der Waals surface area contributed by atoms with Gasteiger partial charge in [0.2, 0.25) is 0 Å². The second-order valence-electron chi connectivity index (χ2n) is 7.42. The van der Waals surface area contributed by atoms with Gasteiger partial charge in [0, 0.05) is 18.1 Å². The topological polar surface area (TPSA) is 40.8 Å². The van der Waals surface area contributed by atoms with Crippen LogP contribution >= 0.6 is 11.8 Å². The maximum Gasteiger partial charge on any atom is 0.176 e. The van der Waals surface area contributed by atoms with Gasteiger partial charge < -0.3 is 18.6 Å². The van der Waals surface area contributed by atoms with Crippen LogP contribution in [0.15, 0.2) is 83.3 Å². The minimum atomic E-state index is 0.229. The Kier molecular flexibility index (Phi) is 7.88. The van der Waals surface area contributed by atoms with Crippen molar-refractivity contribution in [2.75, 3.05) is 26.8 Å². The largest absolute Gasteiger partial charge is 0.493 e. The molecule has 0 unspecified atom stereocenters. The zero-order valence-electron chi connectivity index (χ0n) is 18.5. The molecule has 0 radical (unpaired) electrons. The van der Waals surface area contributed by atoms with E-state index in [9.17, 15) is 0 Å². The number of methoxy groups -OCH3 is 2. The molecule has 4 aromatic rings. The Morgan fingerprint density at radius 2 is 1.53 bits per heavy atom. The Hall–Kier alpha value is -2.73. The molecular formula is C27H28O4S. The predicted octanol–water partition coefficient (Wildman–Crippen LogP) is 6.63. The van der Waals surface area contributed by atoms with Gasteiger partial charge in [0.15, 0.2) is 11.3 Å². The number of thioether (sulfide) groups is 1. The third-order valence-electron chi connectivity index (χ3n) is 5.36. The van der Waals surface area contributed by atoms with Gasteiger partial charge in [-0.2, -0.15) is 0 Å². The molecule has 0 saturated carbocycles. The summed E-state index contributed by atoms with van der Waals surface area (Å²) in [6, 6.07) is 27.4. The number of hydrogen-bond donors (Lipinski definition) is 0. The molecule has 4 rings (SSSR count). The van der Waals surface area contributed by atoms with E-state index in [1.54, 1.807) is 14.2 Å². The summed E-state index contributed by atoms with van der Waals surface area (Å²) in [5.74, 6) is 2.51. The van der Waals surface area contributed by atoms with Crippen molar-refractivity contribution in [2.24, 2.45) is 0 Å². The van der Waals surface area contributed by atoms with Gasteiger partial charge in [0.25, 0.3) is 0 Å². The number of para-hydroxylation sites is 1. The van der Waals surface area contributed by atoms with Crippen molar-refractivity contribution in [3.05, 3.63) is 101 Å². The molecule has 32 heavy (non-hydrogen) atoms. The van der Waals surface area contributed by atoms with Crippen LogP contribution in [0.5, 0.6) is 5.75 Å². The lowest BCUT2D eigenvalue weighted by molar-refractivity contribution is -0.0439. The first-order valence-corrected chi connectivity index (χ1v) is 11.7. The molecular weight excluding hydrogens is 420 g/mol. The quantitative estimate of drug-likeness (QED) is 0.190. The van der Waals surface area contributed by atoms with Crippen molar-refractivity contribution in [1.29, 1.82) is 0 Å². The van der Waals surface area contributed by atoms with Gasteiger partial charge in [-0.25, -0.2) is 0 Å². The molecule has 0 amide bonds. The van der Waals surface area contributed by atoms with Crippen molar-refractivity contribution in [1.82, 2.24) is 0 Å². The second kappa shape index (κ2) is 11.2. The van der Waals surface area contributed by atoms with Crippen molar-refractivity contribution >= 4 is 22.7 Å². The monoisotopic (exact) mass is 448 g/mol. The number of hydrogen-bond acceptors (Lipinski definition) is 5. The molecule has 0 aliphatic heterocycles. The summed E-state index contributed by atoms with van der Waals surface area (Å²) in [5.41, 5.74) is 4.56. The Labute approximate surface area is 193 Å². The summed E-state index contributed by atoms with van der Waals surface area (Å²) in [4.78, 5) is 0. The third-order valence-corrected chi connectivity index (χ3v) is 6.68. The summed E-state index contributed by atoms with van der Waals surface area (Å²) in [5, 5.41) is 1.36. The molecule has 4 nitrogen and oxygen atoms in total. The fourth-order valence-electron chi connectivity index (χ4n) is 3.88. The third kappa shape index (κ3) is 5.18. The summed E-state index contributed by atoms with van der Waals surface area (Å²) in [7, 11) is 3.28. The first-order chi connectivity index (χ1) is 15.8. The van der Waals surface area contributed by atoms with E-state index >= 15 is 0 Å². The van der Waals surface area contributed by atoms with Gasteiger partial charge in [-0.3, -0.25) is 0 Å². The van der Waals surface area contributed by atoms with Gasteiger partial charge in [-0.1, -0.05) is 72.8 Å². The van der Waals surface area contributed by atoms with Crippen LogP contribution in [0.2, 0.25) is 0 Å². The highest BCUT2D eigenvalue weighted by Gasteiger charge is 2.19. The first kappa shape index (κ1) is 22.5. The molecule has 0 aliphatic carbocycles. The molecule has 0 N–H and O–H groups in total. The molecule has 166 valence electrons. The number of fused-ring (bicyclic) bond motifs is 1. The highest BCUT2D eigenvalue weighted by Crippen LogP contribution is 2.38. The Morgan fingerprint density at radius 3 is 2.16 bits per heavy atom. The van der Waals surface area contributed by atoms with E-state index in [1.165, 1.54) is 16.7 Å². The highest BCUT2D eigenvalue weighted by molar-refractivity contribution is 7.99. The molecule has 0 aliphatic rings. The SMILES string of the molecule is COCOCc1oc2c(OC)cccc2c1CCSC(c1ccccc1)c1ccccc1. The standard InChI is InChI=1S/C27H28O4S/c1-28-19-30-18-25-22(23-14-9-15-24(29-2)26(23)31-25)16-17-32-27(20-10-5-3-6-11-20)21-12-7-4-8-13-21/h3-15,27H,16-19H2,1-2H3. The minimum absolute atomic E-state index is 0.229. The van der Waals surface area contributed by atoms with Gasteiger partial charge >= 0.3 is 0 Å². The maximum absolute atomic E-state index is 6.18. The van der Waals surface area contributed by atoms with E-state index < -0.39 is 0 Å². The van der Waals surface area contributed by atoms with Crippen LogP contribution in [-0.4, -0.2) is 26.8 Å². The molecule has 0 spiro atoms. The second-order valence-corrected chi connectivity index (χ2v) is 8.63. The van der Waals surface area contributed by atoms with Gasteiger partial charge in [0.1, 0.15) is 19.2 Å². The maximum atomic E-state index is 6.18. The van der Waals surface area contributed by atoms with Crippen LogP contribution < -0.4 is 4.74 Å². The van der Waals surface area contributed by atoms with Crippen LogP contribution in [0.4, 0.5) is 0 Å². The molecule has 0 fully saturated rings. The number of furan rings is 1. The average molecular weight is 449 g/mol. The van der Waals surface area contributed by atoms with Gasteiger partial charge in [-0.05, 0) is 29.4 Å². The summed E-state index contributed by atoms with van der Waals surface area (Å²) in [6.45, 7) is 0.596. The van der Waals surface area contributed by atoms with Crippen LogP contribution in [0.25, 0.3) is 11.0 Å². The van der Waals surface area contributed by atoms with E-state index in [2.05, 4.69) is 66.7 Å². The highest BCUT2D eigenvalue weighted by atomic mass is 32.2. The lowest BCUT2D eigenvalue weighted by Gasteiger charge is -2.18. The van der Waals surface area contributed by atoms with Crippen LogP contribution in [0.1, 0.15) is 27.7 Å². The Bertz CT molecular complexity index is 1070. The number of ether oxygens (including phenoxy) is 3. The number of rotatable bonds is 11. The summed E-state index contributed by atoms with van der Waals surface area (Å²) >= 11 is 1.94. The smallest absolute Gasteiger partial charge is 0.176 e. The molecule has 0 saturated heterocycles. The fraction of sp³-hybridized carbons (Fsp3) is 0.259. The Balaban J connectivity index is 1.57. The zero-order chi connectivity index (χ0) is 22.2. The van der Waals surface area contributed by atoms with Gasteiger partial charge in [0.05, 0.1) is 12.4 Å². The van der Waals surface area contributed by atoms with Crippen molar-refractivity contribution in [3.8, 4) is 5.75 Å². The molecule has 1 aromatic heterocycles. The number of aryl methyl sites for hydroxylation is 1. The van der Waals surface area contributed by atoms with Crippen LogP contribution in [0.3, 0.4) is 0 Å². The summed E-state index contributed by atoms with van der Waals surface area (Å²) < 4.78 is 22.4. The minimum Gasteiger partial charge on any atom is -0.493 e. The normalized spacial score (nSPS) is 11.3. The van der Waals surface area contributed by atoms with E-state index in [-0.39, 0.29) is 12.0 Å². The molecule has 0 atom stereocenters. The fourth-order valence-corrected chi connectivity index (χ4v) is 5.14. The van der Waals surface area contributed by atoms with E-state index in [0.717, 1.165) is 34.7 Å². The molecule has 1 heterocycles. The summed E-state index contributed by atoms with van der Waals surface area (Å²) in [6.07, 6.45) is 0.868. The molecule has 3 aromatic carbocycles. The number of benzene rings is 3. The van der Waals surface area contributed by atoms with Crippen LogP contribution in [-0.2, 0) is 22.5 Å².